The molecule has 0 aromatic carbocycles. The van der Waals surface area contributed by atoms with Crippen LogP contribution in [0.1, 0.15) is 0 Å². The second-order valence-corrected chi connectivity index (χ2v) is 4.70. The number of hydrogen-bond donors (Lipinski definition) is 2. The molecule has 0 amide bonds. The number of carbonyl (C=O) groups excluding carboxylic acids is 7. The van der Waals surface area contributed by atoms with Crippen molar-refractivity contribution >= 4 is 41.8 Å². The van der Waals surface area contributed by atoms with E-state index in [1.807, 2.05) is 0 Å². The van der Waals surface area contributed by atoms with Gasteiger partial charge in [0.25, 0.3) is 0 Å². The molecule has 0 bridgehead atoms. The van der Waals surface area contributed by atoms with Crippen molar-refractivity contribution in [3.63, 3.8) is 0 Å². The molecule has 182 valence electrons. The molecule has 0 aromatic rings. The number of ether oxygens (including phenoxy) is 7. The fourth-order valence-corrected chi connectivity index (χ4v) is 1.15. The minimum Gasteiger partial charge on any atom is -0.466 e. The lowest BCUT2D eigenvalue weighted by Crippen LogP contribution is -2.27. The summed E-state index contributed by atoms with van der Waals surface area (Å²) in [6, 6.07) is 0. The van der Waals surface area contributed by atoms with E-state index in [2.05, 4.69) is 33.2 Å². The van der Waals surface area contributed by atoms with Gasteiger partial charge in [0.15, 0.2) is 39.6 Å². The maximum absolute atomic E-state index is 10.8. The average Bonchev–Trinajstić information content (AvgIpc) is 2.81. The molecule has 16 heteroatoms. The number of hydrogen-bond acceptors (Lipinski definition) is 16. The van der Waals surface area contributed by atoms with Gasteiger partial charge in [0.2, 0.25) is 0 Å². The van der Waals surface area contributed by atoms with Crippen molar-refractivity contribution in [2.24, 2.45) is 0 Å². The predicted octanol–water partition coefficient (Wildman–Crippen LogP) is -3.98. The van der Waals surface area contributed by atoms with Gasteiger partial charge in [-0.2, -0.15) is 0 Å². The Hall–Kier alpha value is -3.79. The maximum Gasteiger partial charge on any atom is 0.344 e. The van der Waals surface area contributed by atoms with Gasteiger partial charge in [-0.25, -0.2) is 33.6 Å². The summed E-state index contributed by atoms with van der Waals surface area (Å²) in [6.45, 7) is -4.59. The molecule has 0 aliphatic carbocycles. The van der Waals surface area contributed by atoms with E-state index in [-0.39, 0.29) is 0 Å². The summed E-state index contributed by atoms with van der Waals surface area (Å²) in [5.74, 6) is -6.12. The van der Waals surface area contributed by atoms with E-state index < -0.39 is 88.0 Å². The van der Waals surface area contributed by atoms with Crippen LogP contribution in [0.4, 0.5) is 0 Å². The Morgan fingerprint density at radius 3 is 1.31 bits per heavy atom. The lowest BCUT2D eigenvalue weighted by molar-refractivity contribution is -0.174. The molecule has 0 saturated carbocycles. The van der Waals surface area contributed by atoms with E-state index in [4.69, 9.17) is 10.2 Å². The van der Waals surface area contributed by atoms with Crippen molar-refractivity contribution in [3.05, 3.63) is 0 Å². The van der Waals surface area contributed by atoms with E-state index in [1.54, 1.807) is 0 Å². The van der Waals surface area contributed by atoms with E-state index in [9.17, 15) is 33.6 Å². The molecule has 2 N–H and O–H groups in total. The molecule has 1 aliphatic rings. The van der Waals surface area contributed by atoms with Crippen LogP contribution in [0.2, 0.25) is 0 Å². The summed E-state index contributed by atoms with van der Waals surface area (Å²) in [5, 5.41) is 15.2. The predicted molar refractivity (Wildman–Crippen MR) is 93.0 cm³/mol. The zero-order valence-electron chi connectivity index (χ0n) is 17.1. The summed E-state index contributed by atoms with van der Waals surface area (Å²) in [5.41, 5.74) is 0. The zero-order chi connectivity index (χ0) is 24.9. The molecule has 1 heterocycles. The van der Waals surface area contributed by atoms with Crippen molar-refractivity contribution in [2.75, 3.05) is 60.5 Å². The van der Waals surface area contributed by atoms with Gasteiger partial charge in [-0.3, -0.25) is 0 Å². The fourth-order valence-electron chi connectivity index (χ4n) is 1.15. The summed E-state index contributed by atoms with van der Waals surface area (Å²) >= 11 is 0. The highest BCUT2D eigenvalue weighted by molar-refractivity contribution is 5.83. The van der Waals surface area contributed by atoms with Crippen LogP contribution in [0.5, 0.6) is 0 Å². The lowest BCUT2D eigenvalue weighted by Gasteiger charge is -2.09. The first-order valence-corrected chi connectivity index (χ1v) is 8.24. The Morgan fingerprint density at radius 1 is 0.688 bits per heavy atom. The normalized spacial score (nSPS) is 13.9. The number of cyclic esters (lactones) is 4. The third-order valence-corrected chi connectivity index (χ3v) is 2.46. The standard InChI is InChI=1S/C8H8O8.C7H10O7.CH4O/c9-5-1-13-6(10)2-15-8(12)4-16-7(11)3-14-5;1-12-6(10)3-14-7(11)4-13-5(9)2-8;1-2/h1-4H2;8H,2-4H2,1H3;2H,1H3. The van der Waals surface area contributed by atoms with Crippen molar-refractivity contribution < 1.29 is 76.9 Å². The molecule has 16 nitrogen and oxygen atoms in total. The Morgan fingerprint density at radius 2 is 1.00 bits per heavy atom. The summed E-state index contributed by atoms with van der Waals surface area (Å²) in [6.07, 6.45) is 0. The smallest absolute Gasteiger partial charge is 0.344 e. The van der Waals surface area contributed by atoms with Crippen LogP contribution in [-0.4, -0.2) is 112 Å². The Labute approximate surface area is 180 Å². The van der Waals surface area contributed by atoms with E-state index in [1.165, 1.54) is 0 Å². The zero-order valence-corrected chi connectivity index (χ0v) is 17.1. The molecule has 0 atom stereocenters. The number of esters is 7. The van der Waals surface area contributed by atoms with E-state index >= 15 is 0 Å². The highest BCUT2D eigenvalue weighted by Gasteiger charge is 2.16. The number of carbonyl (C=O) groups is 7. The number of aliphatic hydroxyl groups excluding tert-OH is 2. The second kappa shape index (κ2) is 19.2. The summed E-state index contributed by atoms with van der Waals surface area (Å²) in [4.78, 5) is 74.9. The lowest BCUT2D eigenvalue weighted by atomic mass is 10.6. The Kier molecular flexibility index (Phi) is 18.2. The van der Waals surface area contributed by atoms with Crippen LogP contribution in [-0.2, 0) is 66.7 Å². The minimum absolute atomic E-state index is 0.536. The van der Waals surface area contributed by atoms with Crippen molar-refractivity contribution in [1.29, 1.82) is 0 Å². The van der Waals surface area contributed by atoms with Crippen LogP contribution in [0.3, 0.4) is 0 Å². The van der Waals surface area contributed by atoms with Gasteiger partial charge in [0.1, 0.15) is 6.61 Å². The fraction of sp³-hybridized carbons (Fsp3) is 0.562. The average molecular weight is 470 g/mol. The Bertz CT molecular complexity index is 544. The highest BCUT2D eigenvalue weighted by atomic mass is 16.6. The third-order valence-electron chi connectivity index (χ3n) is 2.46. The van der Waals surface area contributed by atoms with Crippen LogP contribution in [0, 0.1) is 0 Å². The second-order valence-electron chi connectivity index (χ2n) is 4.70. The molecule has 1 aliphatic heterocycles. The largest absolute Gasteiger partial charge is 0.466 e. The number of methoxy groups -OCH3 is 1. The molecule has 0 spiro atoms. The molecular formula is C16H22O16. The first-order chi connectivity index (χ1) is 15.2. The quantitative estimate of drug-likeness (QED) is 0.288. The SMILES string of the molecule is CO.COC(=O)COC(=O)COC(=O)CO.O=C1COC(=O)COC(=O)COC(=O)CO1. The van der Waals surface area contributed by atoms with Gasteiger partial charge in [-0.1, -0.05) is 0 Å². The van der Waals surface area contributed by atoms with Crippen LogP contribution >= 0.6 is 0 Å². The van der Waals surface area contributed by atoms with Crippen molar-refractivity contribution in [1.82, 2.24) is 0 Å². The minimum atomic E-state index is -0.944. The molecular weight excluding hydrogens is 448 g/mol. The molecule has 1 fully saturated rings. The van der Waals surface area contributed by atoms with E-state index in [0.29, 0.717) is 0 Å². The highest BCUT2D eigenvalue weighted by Crippen LogP contribution is 1.91. The Balaban J connectivity index is 0. The third kappa shape index (κ3) is 18.3. The van der Waals surface area contributed by atoms with Gasteiger partial charge in [-0.05, 0) is 0 Å². The van der Waals surface area contributed by atoms with Gasteiger partial charge >= 0.3 is 41.8 Å². The topological polar surface area (TPSA) is 225 Å². The molecule has 1 rings (SSSR count). The number of rotatable bonds is 5. The van der Waals surface area contributed by atoms with Crippen LogP contribution in [0.15, 0.2) is 0 Å². The summed E-state index contributed by atoms with van der Waals surface area (Å²) in [7, 11) is 2.14. The molecule has 0 unspecified atom stereocenters. The molecule has 0 aromatic heterocycles. The molecule has 0 radical (unpaired) electrons. The molecule has 1 saturated heterocycles. The summed E-state index contributed by atoms with van der Waals surface area (Å²) < 4.78 is 30.2. The maximum atomic E-state index is 10.8. The van der Waals surface area contributed by atoms with Crippen LogP contribution < -0.4 is 0 Å². The van der Waals surface area contributed by atoms with Gasteiger partial charge in [-0.15, -0.1) is 0 Å². The number of aliphatic hydroxyl groups is 2. The molecule has 32 heavy (non-hydrogen) atoms. The first kappa shape index (κ1) is 30.4. The van der Waals surface area contributed by atoms with Crippen molar-refractivity contribution in [3.8, 4) is 0 Å². The van der Waals surface area contributed by atoms with Gasteiger partial charge < -0.3 is 43.4 Å². The van der Waals surface area contributed by atoms with Gasteiger partial charge in [0, 0.05) is 7.11 Å². The van der Waals surface area contributed by atoms with Crippen LogP contribution in [0.25, 0.3) is 0 Å². The monoisotopic (exact) mass is 470 g/mol. The van der Waals surface area contributed by atoms with E-state index in [0.717, 1.165) is 14.2 Å². The van der Waals surface area contributed by atoms with Crippen molar-refractivity contribution in [2.45, 2.75) is 0 Å². The van der Waals surface area contributed by atoms with Gasteiger partial charge in [0.05, 0.1) is 7.11 Å². The first-order valence-electron chi connectivity index (χ1n) is 8.24.